The second kappa shape index (κ2) is 10.1. The van der Waals surface area contributed by atoms with Gasteiger partial charge in [-0.2, -0.15) is 0 Å². The summed E-state index contributed by atoms with van der Waals surface area (Å²) in [6, 6.07) is 7.90. The summed E-state index contributed by atoms with van der Waals surface area (Å²) in [5.41, 5.74) is 2.14. The van der Waals surface area contributed by atoms with Crippen molar-refractivity contribution in [3.8, 4) is 0 Å². The number of rotatable bonds is 10. The third-order valence-corrected chi connectivity index (χ3v) is 5.04. The molecule has 1 amide bonds. The van der Waals surface area contributed by atoms with Crippen molar-refractivity contribution in [2.45, 2.75) is 17.5 Å². The minimum absolute atomic E-state index is 0.0389. The largest absolute Gasteiger partial charge is 0.380 e. The summed E-state index contributed by atoms with van der Waals surface area (Å²) in [5.74, 6) is 0.269. The number of nitrogens with one attached hydrogen (secondary N) is 2. The van der Waals surface area contributed by atoms with Crippen LogP contribution < -0.4 is 10.6 Å². The molecule has 1 aromatic carbocycles. The Kier molecular flexibility index (Phi) is 7.73. The molecule has 8 heteroatoms. The van der Waals surface area contributed by atoms with E-state index in [-0.39, 0.29) is 5.91 Å². The molecule has 24 heavy (non-hydrogen) atoms. The number of nitrogens with zero attached hydrogens (tertiary/aromatic N) is 2. The lowest BCUT2D eigenvalue weighted by molar-refractivity contribution is -0.118. The van der Waals surface area contributed by atoms with Gasteiger partial charge in [0.2, 0.25) is 11.0 Å². The van der Waals surface area contributed by atoms with Gasteiger partial charge in [-0.25, -0.2) is 0 Å². The van der Waals surface area contributed by atoms with Gasteiger partial charge in [-0.05, 0) is 11.1 Å². The molecule has 0 aliphatic rings. The van der Waals surface area contributed by atoms with E-state index in [1.54, 1.807) is 13.2 Å². The van der Waals surface area contributed by atoms with Gasteiger partial charge in [-0.3, -0.25) is 4.79 Å². The van der Waals surface area contributed by atoms with E-state index < -0.39 is 0 Å². The van der Waals surface area contributed by atoms with Crippen LogP contribution in [0.5, 0.6) is 0 Å². The maximum Gasteiger partial charge on any atom is 0.230 e. The van der Waals surface area contributed by atoms with Crippen LogP contribution in [0.25, 0.3) is 0 Å². The highest BCUT2D eigenvalue weighted by Crippen LogP contribution is 2.25. The summed E-state index contributed by atoms with van der Waals surface area (Å²) in [6.45, 7) is 5.29. The Balaban J connectivity index is 1.77. The smallest absolute Gasteiger partial charge is 0.230 e. The van der Waals surface area contributed by atoms with Gasteiger partial charge in [0.05, 0.1) is 12.4 Å². The first kappa shape index (κ1) is 18.4. The Bertz CT molecular complexity index is 676. The molecule has 1 heterocycles. The molecular formula is C16H20N4O2S2. The van der Waals surface area contributed by atoms with Crippen LogP contribution >= 0.6 is 23.1 Å². The molecule has 1 aromatic heterocycles. The summed E-state index contributed by atoms with van der Waals surface area (Å²) < 4.78 is 5.93. The Labute approximate surface area is 149 Å². The predicted molar refractivity (Wildman–Crippen MR) is 98.3 cm³/mol. The zero-order chi connectivity index (χ0) is 17.2. The Morgan fingerprint density at radius 1 is 1.38 bits per heavy atom. The van der Waals surface area contributed by atoms with E-state index in [0.29, 0.717) is 25.4 Å². The van der Waals surface area contributed by atoms with Crippen LogP contribution in [0.4, 0.5) is 5.13 Å². The van der Waals surface area contributed by atoms with Crippen LogP contribution in [0.2, 0.25) is 0 Å². The Morgan fingerprint density at radius 3 is 2.92 bits per heavy atom. The van der Waals surface area contributed by atoms with Crippen LogP contribution in [0.1, 0.15) is 11.1 Å². The van der Waals surface area contributed by atoms with Gasteiger partial charge in [-0.15, -0.1) is 16.8 Å². The lowest BCUT2D eigenvalue weighted by atomic mass is 10.1. The lowest BCUT2D eigenvalue weighted by Crippen LogP contribution is -2.25. The van der Waals surface area contributed by atoms with Crippen molar-refractivity contribution in [1.82, 2.24) is 15.5 Å². The van der Waals surface area contributed by atoms with Crippen molar-refractivity contribution < 1.29 is 9.53 Å². The summed E-state index contributed by atoms with van der Waals surface area (Å²) in [5, 5.41) is 14.8. The molecule has 0 bridgehead atoms. The van der Waals surface area contributed by atoms with Gasteiger partial charge in [0, 0.05) is 20.2 Å². The molecule has 2 N–H and O–H groups in total. The van der Waals surface area contributed by atoms with Crippen molar-refractivity contribution >= 4 is 34.1 Å². The first-order chi connectivity index (χ1) is 11.7. The summed E-state index contributed by atoms with van der Waals surface area (Å²) in [6.07, 6.45) is 1.75. The van der Waals surface area contributed by atoms with Crippen molar-refractivity contribution in [3.05, 3.63) is 48.0 Å². The van der Waals surface area contributed by atoms with E-state index in [2.05, 4.69) is 27.4 Å². The summed E-state index contributed by atoms with van der Waals surface area (Å²) >= 11 is 2.80. The summed E-state index contributed by atoms with van der Waals surface area (Å²) in [7, 11) is 1.66. The maximum atomic E-state index is 12.0. The molecule has 2 aromatic rings. The number of ether oxygens (including phenoxy) is 1. The minimum Gasteiger partial charge on any atom is -0.380 e. The van der Waals surface area contributed by atoms with E-state index in [1.807, 2.05) is 24.3 Å². The highest BCUT2D eigenvalue weighted by atomic mass is 32.2. The molecule has 0 atom stereocenters. The summed E-state index contributed by atoms with van der Waals surface area (Å²) in [4.78, 5) is 12.0. The molecule has 0 radical (unpaired) electrons. The van der Waals surface area contributed by atoms with Gasteiger partial charge in [0.15, 0.2) is 4.34 Å². The maximum absolute atomic E-state index is 12.0. The van der Waals surface area contributed by atoms with Crippen LogP contribution in [0.3, 0.4) is 0 Å². The fraction of sp³-hybridized carbons (Fsp3) is 0.312. The zero-order valence-electron chi connectivity index (χ0n) is 13.4. The highest BCUT2D eigenvalue weighted by Gasteiger charge is 2.09. The first-order valence-corrected chi connectivity index (χ1v) is 9.16. The minimum atomic E-state index is -0.0389. The SMILES string of the molecule is C=CCNc1nnc(SCC(=O)NCc2ccccc2COC)s1. The van der Waals surface area contributed by atoms with Crippen molar-refractivity contribution in [1.29, 1.82) is 0 Å². The van der Waals surface area contributed by atoms with E-state index >= 15 is 0 Å². The van der Waals surface area contributed by atoms with Gasteiger partial charge in [0.25, 0.3) is 0 Å². The normalized spacial score (nSPS) is 10.4. The quantitative estimate of drug-likeness (QED) is 0.499. The number of anilines is 1. The van der Waals surface area contributed by atoms with Crippen LogP contribution in [-0.2, 0) is 22.7 Å². The number of hydrogen-bond acceptors (Lipinski definition) is 7. The van der Waals surface area contributed by atoms with E-state index in [4.69, 9.17) is 4.74 Å². The molecule has 2 rings (SSSR count). The molecule has 0 saturated heterocycles. The molecule has 0 aliphatic heterocycles. The Morgan fingerprint density at radius 2 is 2.17 bits per heavy atom. The van der Waals surface area contributed by atoms with Crippen LogP contribution in [0, 0.1) is 0 Å². The standard InChI is InChI=1S/C16H20N4O2S2/c1-3-8-17-15-19-20-16(24-15)23-11-14(21)18-9-12-6-4-5-7-13(12)10-22-2/h3-7H,1,8-11H2,2H3,(H,17,19)(H,18,21). The molecule has 6 nitrogen and oxygen atoms in total. The van der Waals surface area contributed by atoms with Crippen LogP contribution in [-0.4, -0.2) is 35.5 Å². The molecule has 0 unspecified atom stereocenters. The number of benzene rings is 1. The number of carbonyl (C=O) groups excluding carboxylic acids is 1. The third-order valence-electron chi connectivity index (χ3n) is 3.03. The zero-order valence-corrected chi connectivity index (χ0v) is 15.1. The second-order valence-electron chi connectivity index (χ2n) is 4.81. The van der Waals surface area contributed by atoms with Gasteiger partial charge in [0.1, 0.15) is 0 Å². The fourth-order valence-corrected chi connectivity index (χ4v) is 3.49. The monoisotopic (exact) mass is 364 g/mol. The van der Waals surface area contributed by atoms with Crippen molar-refractivity contribution in [2.75, 3.05) is 24.7 Å². The van der Waals surface area contributed by atoms with Gasteiger partial charge >= 0.3 is 0 Å². The number of hydrogen-bond donors (Lipinski definition) is 2. The number of methoxy groups -OCH3 is 1. The van der Waals surface area contributed by atoms with E-state index in [1.165, 1.54) is 23.1 Å². The third kappa shape index (κ3) is 5.95. The number of thioether (sulfide) groups is 1. The average molecular weight is 364 g/mol. The number of amides is 1. The highest BCUT2D eigenvalue weighted by molar-refractivity contribution is 8.01. The lowest BCUT2D eigenvalue weighted by Gasteiger charge is -2.09. The number of aromatic nitrogens is 2. The molecule has 0 fully saturated rings. The van der Waals surface area contributed by atoms with Gasteiger partial charge in [-0.1, -0.05) is 53.4 Å². The first-order valence-electron chi connectivity index (χ1n) is 7.36. The molecular weight excluding hydrogens is 344 g/mol. The number of carbonyl (C=O) groups is 1. The van der Waals surface area contributed by atoms with Crippen molar-refractivity contribution in [3.63, 3.8) is 0 Å². The average Bonchev–Trinajstić information content (AvgIpc) is 3.05. The molecule has 0 saturated carbocycles. The molecule has 128 valence electrons. The van der Waals surface area contributed by atoms with Gasteiger partial charge < -0.3 is 15.4 Å². The van der Waals surface area contributed by atoms with E-state index in [9.17, 15) is 4.79 Å². The molecule has 0 aliphatic carbocycles. The van der Waals surface area contributed by atoms with E-state index in [0.717, 1.165) is 20.6 Å². The van der Waals surface area contributed by atoms with Crippen molar-refractivity contribution in [2.24, 2.45) is 0 Å². The topological polar surface area (TPSA) is 76.1 Å². The second-order valence-corrected chi connectivity index (χ2v) is 7.01. The van der Waals surface area contributed by atoms with Crippen LogP contribution in [0.15, 0.2) is 41.3 Å². The predicted octanol–water partition coefficient (Wildman–Crippen LogP) is 2.69. The fourth-order valence-electron chi connectivity index (χ4n) is 1.90. The molecule has 0 spiro atoms. The Hall–Kier alpha value is -1.90.